The Morgan fingerprint density at radius 2 is 2.33 bits per heavy atom. The molecule has 8 nitrogen and oxygen atoms in total. The van der Waals surface area contributed by atoms with Gasteiger partial charge in [-0.1, -0.05) is 0 Å². The molecule has 3 N–H and O–H groups in total. The average Bonchev–Trinajstić information content (AvgIpc) is 2.87. The second-order valence-electron chi connectivity index (χ2n) is 5.63. The lowest BCUT2D eigenvalue weighted by atomic mass is 10.0. The number of anilines is 1. The van der Waals surface area contributed by atoms with E-state index >= 15 is 0 Å². The van der Waals surface area contributed by atoms with Crippen molar-refractivity contribution in [1.29, 1.82) is 0 Å². The number of hydrogen-bond acceptors (Lipinski definition) is 6. The lowest BCUT2D eigenvalue weighted by Crippen LogP contribution is -2.67. The highest BCUT2D eigenvalue weighted by Crippen LogP contribution is 2.51. The van der Waals surface area contributed by atoms with Gasteiger partial charge in [-0.15, -0.1) is 11.8 Å². The van der Waals surface area contributed by atoms with Gasteiger partial charge >= 0.3 is 6.16 Å². The number of nitrogens with zero attached hydrogens (tertiary/aromatic N) is 2. The van der Waals surface area contributed by atoms with Crippen LogP contribution in [0.4, 0.5) is 10.7 Å². The van der Waals surface area contributed by atoms with Crippen molar-refractivity contribution < 1.29 is 19.4 Å². The maximum atomic E-state index is 12.3. The molecular weight excluding hydrogens is 296 g/mol. The van der Waals surface area contributed by atoms with Crippen molar-refractivity contribution in [2.45, 2.75) is 43.2 Å². The fourth-order valence-corrected chi connectivity index (χ4v) is 4.17. The third-order valence-electron chi connectivity index (χ3n) is 3.56. The molecule has 2 saturated heterocycles. The molecule has 9 heteroatoms. The number of rotatable bonds is 3. The molecule has 0 aromatic carbocycles. The number of hydrogen-bond donors (Lipinski definition) is 3. The van der Waals surface area contributed by atoms with Gasteiger partial charge in [0.1, 0.15) is 11.4 Å². The van der Waals surface area contributed by atoms with Crippen molar-refractivity contribution in [3.05, 3.63) is 11.9 Å². The standard InChI is InChI=1S/C12H16N4O4S/c1-5-4-13-10(14-5)15-6-7(17)16-8(6)21-12(2,3)9(16)20-11(18)19/h4,6,8-9H,1-3H3,(H,18,19)(H2,13,14,15)/t6?,8-,9?/m0/s1. The number of carbonyl (C=O) groups excluding carboxylic acids is 1. The zero-order valence-electron chi connectivity index (χ0n) is 11.8. The Balaban J connectivity index is 1.76. The SMILES string of the molecule is Cc1cnc(NC2C(=O)N3C(OC(=O)O)C(C)(C)S[C@@H]23)[nH]1. The predicted molar refractivity (Wildman–Crippen MR) is 75.9 cm³/mol. The predicted octanol–water partition coefficient (Wildman–Crippen LogP) is 1.21. The molecule has 1 aromatic heterocycles. The van der Waals surface area contributed by atoms with Gasteiger partial charge in [0.2, 0.25) is 5.95 Å². The summed E-state index contributed by atoms with van der Waals surface area (Å²) in [5.74, 6) is 0.352. The number of aromatic nitrogens is 2. The smallest absolute Gasteiger partial charge is 0.450 e. The van der Waals surface area contributed by atoms with Crippen LogP contribution in [0.15, 0.2) is 6.20 Å². The largest absolute Gasteiger partial charge is 0.507 e. The number of aryl methyl sites for hydroxylation is 1. The maximum Gasteiger partial charge on any atom is 0.507 e. The Morgan fingerprint density at radius 1 is 1.62 bits per heavy atom. The molecule has 2 aliphatic rings. The minimum atomic E-state index is -1.37. The Bertz CT molecular complexity index is 602. The van der Waals surface area contributed by atoms with Crippen molar-refractivity contribution in [3.63, 3.8) is 0 Å². The topological polar surface area (TPSA) is 108 Å². The number of β-lactam (4-membered cyclic amide) rings is 1. The Labute approximate surface area is 125 Å². The summed E-state index contributed by atoms with van der Waals surface area (Å²) in [7, 11) is 0. The van der Waals surface area contributed by atoms with E-state index in [1.807, 2.05) is 20.8 Å². The molecule has 21 heavy (non-hydrogen) atoms. The van der Waals surface area contributed by atoms with E-state index in [1.54, 1.807) is 6.20 Å². The molecule has 0 spiro atoms. The highest BCUT2D eigenvalue weighted by atomic mass is 32.2. The van der Waals surface area contributed by atoms with Crippen LogP contribution < -0.4 is 5.32 Å². The summed E-state index contributed by atoms with van der Waals surface area (Å²) in [6.07, 6.45) is -0.472. The van der Waals surface area contributed by atoms with Gasteiger partial charge in [0, 0.05) is 11.9 Å². The Hall–Kier alpha value is -1.90. The number of imidazole rings is 1. The van der Waals surface area contributed by atoms with Gasteiger partial charge in [0.05, 0.1) is 4.75 Å². The van der Waals surface area contributed by atoms with Gasteiger partial charge < -0.3 is 20.1 Å². The molecule has 1 aromatic rings. The van der Waals surface area contributed by atoms with Gasteiger partial charge in [0.25, 0.3) is 5.91 Å². The third kappa shape index (κ3) is 2.21. The molecular formula is C12H16N4O4S. The summed E-state index contributed by atoms with van der Waals surface area (Å²) < 4.78 is 4.39. The second-order valence-corrected chi connectivity index (χ2v) is 7.40. The maximum absolute atomic E-state index is 12.3. The summed E-state index contributed by atoms with van der Waals surface area (Å²) in [5.41, 5.74) is 0.896. The summed E-state index contributed by atoms with van der Waals surface area (Å²) in [6.45, 7) is 5.60. The molecule has 2 aliphatic heterocycles. The van der Waals surface area contributed by atoms with Gasteiger partial charge in [-0.05, 0) is 20.8 Å². The summed E-state index contributed by atoms with van der Waals surface area (Å²) in [5, 5.41) is 11.7. The second kappa shape index (κ2) is 4.55. The highest BCUT2D eigenvalue weighted by Gasteiger charge is 2.63. The Kier molecular flexibility index (Phi) is 3.05. The van der Waals surface area contributed by atoms with Crippen LogP contribution in [-0.4, -0.2) is 54.4 Å². The van der Waals surface area contributed by atoms with Gasteiger partial charge in [0.15, 0.2) is 6.23 Å². The van der Waals surface area contributed by atoms with E-state index in [9.17, 15) is 9.59 Å². The monoisotopic (exact) mass is 312 g/mol. The highest BCUT2D eigenvalue weighted by molar-refractivity contribution is 8.01. The minimum Gasteiger partial charge on any atom is -0.450 e. The van der Waals surface area contributed by atoms with E-state index in [2.05, 4.69) is 15.3 Å². The zero-order chi connectivity index (χ0) is 15.4. The lowest BCUT2D eigenvalue weighted by molar-refractivity contribution is -0.158. The minimum absolute atomic E-state index is 0.165. The van der Waals surface area contributed by atoms with E-state index < -0.39 is 23.2 Å². The van der Waals surface area contributed by atoms with Crippen LogP contribution in [0, 0.1) is 6.92 Å². The number of thioether (sulfide) groups is 1. The molecule has 2 fully saturated rings. The molecule has 3 rings (SSSR count). The Morgan fingerprint density at radius 3 is 2.90 bits per heavy atom. The van der Waals surface area contributed by atoms with Crippen molar-refractivity contribution in [3.8, 4) is 0 Å². The molecule has 114 valence electrons. The number of carbonyl (C=O) groups is 2. The first-order chi connectivity index (χ1) is 9.79. The van der Waals surface area contributed by atoms with Gasteiger partial charge in [-0.3, -0.25) is 9.69 Å². The van der Waals surface area contributed by atoms with E-state index in [4.69, 9.17) is 9.84 Å². The van der Waals surface area contributed by atoms with Crippen molar-refractivity contribution in [2.24, 2.45) is 0 Å². The van der Waals surface area contributed by atoms with E-state index in [1.165, 1.54) is 16.7 Å². The zero-order valence-corrected chi connectivity index (χ0v) is 12.6. The van der Waals surface area contributed by atoms with Crippen LogP contribution in [0.25, 0.3) is 0 Å². The summed E-state index contributed by atoms with van der Waals surface area (Å²) >= 11 is 1.52. The molecule has 3 heterocycles. The first kappa shape index (κ1) is 14.1. The molecule has 0 radical (unpaired) electrons. The normalized spacial score (nSPS) is 29.8. The third-order valence-corrected chi connectivity index (χ3v) is 5.11. The first-order valence-corrected chi connectivity index (χ1v) is 7.35. The van der Waals surface area contributed by atoms with E-state index in [-0.39, 0.29) is 11.3 Å². The summed E-state index contributed by atoms with van der Waals surface area (Å²) in [4.78, 5) is 31.7. The molecule has 0 bridgehead atoms. The molecule has 2 unspecified atom stereocenters. The fraction of sp³-hybridized carbons (Fsp3) is 0.583. The van der Waals surface area contributed by atoms with Crippen LogP contribution in [0.2, 0.25) is 0 Å². The van der Waals surface area contributed by atoms with Gasteiger partial charge in [-0.2, -0.15) is 0 Å². The number of amides is 1. The number of carboxylic acid groups (broad SMARTS) is 1. The van der Waals surface area contributed by atoms with E-state index in [0.717, 1.165) is 5.69 Å². The lowest BCUT2D eigenvalue weighted by Gasteiger charge is -2.43. The molecule has 0 aliphatic carbocycles. The fourth-order valence-electron chi connectivity index (χ4n) is 2.63. The van der Waals surface area contributed by atoms with Crippen molar-refractivity contribution in [1.82, 2.24) is 14.9 Å². The number of ether oxygens (including phenoxy) is 1. The number of H-pyrrole nitrogens is 1. The summed E-state index contributed by atoms with van der Waals surface area (Å²) in [6, 6.07) is -0.429. The molecule has 0 saturated carbocycles. The van der Waals surface area contributed by atoms with Crippen LogP contribution in [0.5, 0.6) is 0 Å². The molecule has 3 atom stereocenters. The van der Waals surface area contributed by atoms with Crippen LogP contribution >= 0.6 is 11.8 Å². The number of aromatic amines is 1. The van der Waals surface area contributed by atoms with Crippen molar-refractivity contribution >= 4 is 29.8 Å². The first-order valence-electron chi connectivity index (χ1n) is 6.47. The average molecular weight is 312 g/mol. The molecule has 1 amide bonds. The van der Waals surface area contributed by atoms with Crippen LogP contribution in [0.1, 0.15) is 19.5 Å². The number of fused-ring (bicyclic) bond motifs is 1. The van der Waals surface area contributed by atoms with E-state index in [0.29, 0.717) is 5.95 Å². The number of nitrogens with one attached hydrogen (secondary N) is 2. The van der Waals surface area contributed by atoms with Crippen LogP contribution in [0.3, 0.4) is 0 Å². The van der Waals surface area contributed by atoms with Gasteiger partial charge in [-0.25, -0.2) is 9.78 Å². The van der Waals surface area contributed by atoms with Crippen LogP contribution in [-0.2, 0) is 9.53 Å². The van der Waals surface area contributed by atoms with Crippen molar-refractivity contribution in [2.75, 3.05) is 5.32 Å². The quantitative estimate of drug-likeness (QED) is 0.569.